The van der Waals surface area contributed by atoms with Crippen LogP contribution in [0.25, 0.3) is 16.6 Å². The van der Waals surface area contributed by atoms with Gasteiger partial charge in [0.1, 0.15) is 28.5 Å². The predicted octanol–water partition coefficient (Wildman–Crippen LogP) is 8.31. The van der Waals surface area contributed by atoms with Crippen LogP contribution >= 0.6 is 11.6 Å². The maximum atomic E-state index is 14.0. The zero-order chi connectivity index (χ0) is 43.5. The molecule has 4 aromatic rings. The van der Waals surface area contributed by atoms with Crippen molar-refractivity contribution in [3.05, 3.63) is 133 Å². The highest BCUT2D eigenvalue weighted by Crippen LogP contribution is 2.55. The van der Waals surface area contributed by atoms with E-state index in [1.165, 1.54) is 54.7 Å². The first-order valence-electron chi connectivity index (χ1n) is 21.7. The summed E-state index contributed by atoms with van der Waals surface area (Å²) in [7, 11) is 0. The summed E-state index contributed by atoms with van der Waals surface area (Å²) >= 11 is 4.04. The molecule has 2 saturated heterocycles. The maximum absolute atomic E-state index is 14.0. The van der Waals surface area contributed by atoms with Gasteiger partial charge in [-0.1, -0.05) is 35.7 Å². The number of amides is 1. The summed E-state index contributed by atoms with van der Waals surface area (Å²) in [5, 5.41) is 25.5. The van der Waals surface area contributed by atoms with Crippen molar-refractivity contribution in [3.63, 3.8) is 0 Å². The number of carbonyl (C=O) groups excluding carboxylic acids is 1. The second-order valence-corrected chi connectivity index (χ2v) is 18.9. The molecular weight excluding hydrogens is 840 g/mol. The van der Waals surface area contributed by atoms with Crippen molar-refractivity contribution in [2.45, 2.75) is 51.4 Å². The number of aromatic nitrogens is 2. The van der Waals surface area contributed by atoms with E-state index in [1.807, 2.05) is 36.4 Å². The normalized spacial score (nSPS) is 20.6. The van der Waals surface area contributed by atoms with Gasteiger partial charge in [0, 0.05) is 93.1 Å². The Morgan fingerprint density at radius 3 is 2.62 bits per heavy atom. The third kappa shape index (κ3) is 9.72. The number of carbonyl (C=O) groups is 1. The van der Waals surface area contributed by atoms with E-state index in [2.05, 4.69) is 41.9 Å². The van der Waals surface area contributed by atoms with Crippen LogP contribution in [0.15, 0.2) is 107 Å². The monoisotopic (exact) mass is 890 g/mol. The van der Waals surface area contributed by atoms with E-state index in [1.54, 1.807) is 18.5 Å². The second-order valence-electron chi connectivity index (χ2n) is 17.2. The molecular formula is C47H51ClN8O6S. The average molecular weight is 891 g/mol. The predicted molar refractivity (Wildman–Crippen MR) is 246 cm³/mol. The number of hydrogen-bond donors (Lipinski definition) is 4. The Morgan fingerprint density at radius 2 is 1.87 bits per heavy atom. The van der Waals surface area contributed by atoms with Crippen LogP contribution in [0.4, 0.5) is 5.69 Å². The van der Waals surface area contributed by atoms with Gasteiger partial charge >= 0.3 is 0 Å². The number of anilines is 1. The SMILES string of the molecule is N=C1C=C([S+]([O-])NC(=O)c2ccc(N3CCN(CC4=C(c5ccc(Cl)cc5)CC5(CCC5)CC4)CC3)cc2Oc2cnc3[nH]ccc3c2)C=C([N+](=O)[O-])/C1=C/NCC1CCOCC1. The molecule has 2 aromatic carbocycles. The highest BCUT2D eigenvalue weighted by atomic mass is 35.5. The van der Waals surface area contributed by atoms with E-state index >= 15 is 0 Å². The number of fused-ring (bicyclic) bond motifs is 1. The van der Waals surface area contributed by atoms with Crippen LogP contribution in [0.1, 0.15) is 67.3 Å². The number of nitrogens with one attached hydrogen (secondary N) is 4. The quantitative estimate of drug-likeness (QED) is 0.0578. The minimum absolute atomic E-state index is 0.0647. The molecule has 5 aliphatic rings. The molecule has 328 valence electrons. The molecule has 14 nitrogen and oxygen atoms in total. The number of pyridine rings is 1. The first kappa shape index (κ1) is 42.8. The number of benzene rings is 2. The zero-order valence-electron chi connectivity index (χ0n) is 35.0. The van der Waals surface area contributed by atoms with Crippen molar-refractivity contribution in [1.82, 2.24) is 24.9 Å². The summed E-state index contributed by atoms with van der Waals surface area (Å²) in [6, 6.07) is 17.4. The number of hydrogen-bond acceptors (Lipinski definition) is 11. The topological polar surface area (TPSA) is 185 Å². The van der Waals surface area contributed by atoms with E-state index in [0.717, 1.165) is 80.6 Å². The van der Waals surface area contributed by atoms with Crippen molar-refractivity contribution in [2.24, 2.45) is 11.3 Å². The van der Waals surface area contributed by atoms with Gasteiger partial charge in [0.2, 0.25) is 0 Å². The molecule has 0 bridgehead atoms. The third-order valence-corrected chi connectivity index (χ3v) is 14.5. The zero-order valence-corrected chi connectivity index (χ0v) is 36.6. The van der Waals surface area contributed by atoms with Gasteiger partial charge in [0.05, 0.1) is 34.0 Å². The number of rotatable bonds is 13. The van der Waals surface area contributed by atoms with Gasteiger partial charge < -0.3 is 29.2 Å². The number of ether oxygens (including phenoxy) is 2. The molecule has 0 radical (unpaired) electrons. The summed E-state index contributed by atoms with van der Waals surface area (Å²) in [5.74, 6) is 0.292. The molecule has 16 heteroatoms. The van der Waals surface area contributed by atoms with Crippen molar-refractivity contribution < 1.29 is 23.7 Å². The Morgan fingerprint density at radius 1 is 1.08 bits per heavy atom. The lowest BCUT2D eigenvalue weighted by Crippen LogP contribution is -2.47. The van der Waals surface area contributed by atoms with Crippen LogP contribution in [0.3, 0.4) is 0 Å². The highest BCUT2D eigenvalue weighted by Gasteiger charge is 2.41. The van der Waals surface area contributed by atoms with Gasteiger partial charge in [-0.05, 0) is 104 Å². The first-order valence-corrected chi connectivity index (χ1v) is 23.2. The Bertz CT molecular complexity index is 2520. The van der Waals surface area contributed by atoms with Gasteiger partial charge in [-0.25, -0.2) is 4.98 Å². The molecule has 1 amide bonds. The molecule has 3 aliphatic carbocycles. The van der Waals surface area contributed by atoms with Crippen LogP contribution in [0.2, 0.25) is 5.02 Å². The Balaban J connectivity index is 0.905. The Hall–Kier alpha value is -5.45. The van der Waals surface area contributed by atoms with Crippen LogP contribution in [0, 0.1) is 26.9 Å². The molecule has 1 saturated carbocycles. The molecule has 3 fully saturated rings. The minimum atomic E-state index is -2.24. The minimum Gasteiger partial charge on any atom is -0.588 e. The van der Waals surface area contributed by atoms with Crippen LogP contribution in [-0.2, 0) is 16.1 Å². The van der Waals surface area contributed by atoms with Gasteiger partial charge in [-0.15, -0.1) is 0 Å². The number of piperazine rings is 1. The standard InChI is InChI=1S/C47H51ClN8O6S/c48-35-4-2-32(3-5-35)40-26-47(12-1-13-47)14-8-34(40)30-54-16-18-55(19-17-54)36-6-7-39(44(23-36)62-37-22-33-9-15-51-45(33)52-28-37)46(57)53-63(60)38-24-42(49)41(43(25-38)56(58)59)29-50-27-31-10-20-61-21-11-31/h2-7,9,15,22-25,28-29,31,49-50H,1,8,10-14,16-21,26-27,30H2,(H,51,52)(H,53,57)/b41-29+,49-42?. The van der Waals surface area contributed by atoms with Crippen molar-refractivity contribution in [2.75, 3.05) is 57.4 Å². The number of nitro groups is 1. The van der Waals surface area contributed by atoms with E-state index < -0.39 is 22.2 Å². The molecule has 4 heterocycles. The lowest BCUT2D eigenvalue weighted by atomic mass is 9.59. The summed E-state index contributed by atoms with van der Waals surface area (Å²) in [5.41, 5.74) is 5.92. The van der Waals surface area contributed by atoms with Crippen LogP contribution in [0.5, 0.6) is 11.5 Å². The summed E-state index contributed by atoms with van der Waals surface area (Å²) < 4.78 is 28.0. The van der Waals surface area contributed by atoms with E-state index in [4.69, 9.17) is 26.5 Å². The smallest absolute Gasteiger partial charge is 0.296 e. The number of aromatic amines is 1. The summed E-state index contributed by atoms with van der Waals surface area (Å²) in [6.07, 6.45) is 16.5. The number of allylic oxidation sites excluding steroid dienone is 4. The summed E-state index contributed by atoms with van der Waals surface area (Å²) in [6.45, 7) is 6.13. The fourth-order valence-electron chi connectivity index (χ4n) is 9.41. The molecule has 1 spiro atoms. The van der Waals surface area contributed by atoms with E-state index in [-0.39, 0.29) is 33.2 Å². The Kier molecular flexibility index (Phi) is 12.7. The highest BCUT2D eigenvalue weighted by molar-refractivity contribution is 7.94. The lowest BCUT2D eigenvalue weighted by Gasteiger charge is -2.47. The molecule has 63 heavy (non-hydrogen) atoms. The number of H-pyrrole nitrogens is 1. The van der Waals surface area contributed by atoms with Crippen LogP contribution in [-0.4, -0.2) is 88.4 Å². The molecule has 4 N–H and O–H groups in total. The first-order chi connectivity index (χ1) is 30.6. The molecule has 2 aromatic heterocycles. The van der Waals surface area contributed by atoms with E-state index in [0.29, 0.717) is 42.5 Å². The van der Waals surface area contributed by atoms with Crippen LogP contribution < -0.4 is 19.7 Å². The van der Waals surface area contributed by atoms with Gasteiger partial charge in [-0.3, -0.25) is 25.2 Å². The van der Waals surface area contributed by atoms with Crippen molar-refractivity contribution in [3.8, 4) is 11.5 Å². The van der Waals surface area contributed by atoms with Crippen molar-refractivity contribution in [1.29, 1.82) is 5.41 Å². The largest absolute Gasteiger partial charge is 0.588 e. The van der Waals surface area contributed by atoms with Gasteiger partial charge in [0.25, 0.3) is 11.6 Å². The lowest BCUT2D eigenvalue weighted by molar-refractivity contribution is -0.420. The fraction of sp³-hybridized carbons (Fsp3) is 0.383. The third-order valence-electron chi connectivity index (χ3n) is 13.2. The summed E-state index contributed by atoms with van der Waals surface area (Å²) in [4.78, 5) is 37.8. The van der Waals surface area contributed by atoms with Gasteiger partial charge in [0.15, 0.2) is 4.91 Å². The second kappa shape index (κ2) is 18.7. The molecule has 9 rings (SSSR count). The molecule has 2 aliphatic heterocycles. The number of halogens is 1. The fourth-order valence-corrected chi connectivity index (χ4v) is 10.4. The van der Waals surface area contributed by atoms with Crippen molar-refractivity contribution >= 4 is 56.9 Å². The van der Waals surface area contributed by atoms with Gasteiger partial charge in [-0.2, -0.15) is 4.72 Å². The number of nitrogens with zero attached hydrogens (tertiary/aromatic N) is 4. The average Bonchev–Trinajstić information content (AvgIpc) is 3.75. The Labute approximate surface area is 374 Å². The molecule has 1 unspecified atom stereocenters. The van der Waals surface area contributed by atoms with E-state index in [9.17, 15) is 19.5 Å². The maximum Gasteiger partial charge on any atom is 0.296 e. The molecule has 1 atom stereocenters.